The van der Waals surface area contributed by atoms with E-state index in [1.165, 1.54) is 18.2 Å². The van der Waals surface area contributed by atoms with Gasteiger partial charge >= 0.3 is 5.97 Å². The second kappa shape index (κ2) is 5.75. The zero-order chi connectivity index (χ0) is 15.6. The molecule has 0 saturated heterocycles. The largest absolute Gasteiger partial charge is 0.478 e. The van der Waals surface area contributed by atoms with Crippen LogP contribution in [0.4, 0.5) is 0 Å². The molecule has 5 heteroatoms. The number of benzene rings is 1. The molecule has 2 aromatic rings. The summed E-state index contributed by atoms with van der Waals surface area (Å²) in [5, 5.41) is 8.87. The Balaban J connectivity index is 2.47. The van der Waals surface area contributed by atoms with Gasteiger partial charge in [-0.1, -0.05) is 26.0 Å². The molecular formula is C16H15NO4. The van der Waals surface area contributed by atoms with Gasteiger partial charge in [0.15, 0.2) is 5.78 Å². The molecule has 0 spiro atoms. The third-order valence-electron chi connectivity index (χ3n) is 3.10. The molecule has 1 aromatic heterocycles. The van der Waals surface area contributed by atoms with Crippen molar-refractivity contribution < 1.29 is 14.7 Å². The van der Waals surface area contributed by atoms with E-state index in [9.17, 15) is 14.4 Å². The fourth-order valence-corrected chi connectivity index (χ4v) is 1.97. The van der Waals surface area contributed by atoms with Crippen molar-refractivity contribution in [1.82, 2.24) is 4.98 Å². The summed E-state index contributed by atoms with van der Waals surface area (Å²) in [6.07, 6.45) is 0. The highest BCUT2D eigenvalue weighted by Gasteiger charge is 2.13. The summed E-state index contributed by atoms with van der Waals surface area (Å²) in [6.45, 7) is 3.54. The molecule has 0 amide bonds. The SMILES string of the molecule is CC(C)C(=O)c1cc(-c2ccc(C(=O)O)cc2)[nH]c(=O)c1. The molecule has 1 aromatic carbocycles. The van der Waals surface area contributed by atoms with Gasteiger partial charge in [0, 0.05) is 23.2 Å². The predicted octanol–water partition coefficient (Wildman–Crippen LogP) is 2.58. The Morgan fingerprint density at radius 1 is 1.05 bits per heavy atom. The van der Waals surface area contributed by atoms with Crippen LogP contribution in [0.1, 0.15) is 34.6 Å². The Hall–Kier alpha value is -2.69. The molecule has 5 nitrogen and oxygen atoms in total. The molecule has 0 bridgehead atoms. The third kappa shape index (κ3) is 3.25. The number of ketones is 1. The van der Waals surface area contributed by atoms with Crippen LogP contribution in [0.15, 0.2) is 41.2 Å². The zero-order valence-electron chi connectivity index (χ0n) is 11.7. The molecule has 0 fully saturated rings. The van der Waals surface area contributed by atoms with Gasteiger partial charge in [-0.15, -0.1) is 0 Å². The van der Waals surface area contributed by atoms with Crippen LogP contribution in [0.5, 0.6) is 0 Å². The first-order valence-corrected chi connectivity index (χ1v) is 6.51. The average Bonchev–Trinajstić information content (AvgIpc) is 2.45. The van der Waals surface area contributed by atoms with Crippen molar-refractivity contribution in [3.8, 4) is 11.3 Å². The number of hydrogen-bond acceptors (Lipinski definition) is 3. The third-order valence-corrected chi connectivity index (χ3v) is 3.10. The molecule has 2 rings (SSSR count). The number of carboxylic acids is 1. The lowest BCUT2D eigenvalue weighted by atomic mass is 9.99. The van der Waals surface area contributed by atoms with Gasteiger partial charge < -0.3 is 10.1 Å². The van der Waals surface area contributed by atoms with Crippen LogP contribution in [-0.4, -0.2) is 21.8 Å². The number of pyridine rings is 1. The van der Waals surface area contributed by atoms with E-state index in [1.54, 1.807) is 32.0 Å². The molecule has 0 aliphatic heterocycles. The van der Waals surface area contributed by atoms with E-state index in [0.29, 0.717) is 16.8 Å². The van der Waals surface area contributed by atoms with Crippen LogP contribution in [0.3, 0.4) is 0 Å². The molecule has 0 radical (unpaired) electrons. The lowest BCUT2D eigenvalue weighted by Gasteiger charge is -2.07. The standard InChI is InChI=1S/C16H15NO4/c1-9(2)15(19)12-7-13(17-14(18)8-12)10-3-5-11(6-4-10)16(20)21/h3-9H,1-2H3,(H,17,18)(H,20,21). The van der Waals surface area contributed by atoms with Gasteiger partial charge in [0.25, 0.3) is 0 Å². The number of aromatic carboxylic acids is 1. The summed E-state index contributed by atoms with van der Waals surface area (Å²) in [4.78, 5) is 37.1. The van der Waals surface area contributed by atoms with Crippen molar-refractivity contribution in [1.29, 1.82) is 0 Å². The maximum absolute atomic E-state index is 12.0. The summed E-state index contributed by atoms with van der Waals surface area (Å²) in [5.41, 5.74) is 1.29. The summed E-state index contributed by atoms with van der Waals surface area (Å²) < 4.78 is 0. The summed E-state index contributed by atoms with van der Waals surface area (Å²) >= 11 is 0. The van der Waals surface area contributed by atoms with E-state index >= 15 is 0 Å². The smallest absolute Gasteiger partial charge is 0.335 e. The predicted molar refractivity (Wildman–Crippen MR) is 78.6 cm³/mol. The second-order valence-electron chi connectivity index (χ2n) is 5.05. The minimum Gasteiger partial charge on any atom is -0.478 e. The first kappa shape index (κ1) is 14.7. The van der Waals surface area contributed by atoms with Gasteiger partial charge in [0.2, 0.25) is 5.56 Å². The van der Waals surface area contributed by atoms with Crippen molar-refractivity contribution in [3.05, 3.63) is 57.9 Å². The van der Waals surface area contributed by atoms with E-state index in [-0.39, 0.29) is 22.8 Å². The van der Waals surface area contributed by atoms with E-state index in [4.69, 9.17) is 5.11 Å². The lowest BCUT2D eigenvalue weighted by molar-refractivity contribution is 0.0696. The highest BCUT2D eigenvalue weighted by Crippen LogP contribution is 2.19. The van der Waals surface area contributed by atoms with Crippen LogP contribution in [0.25, 0.3) is 11.3 Å². The van der Waals surface area contributed by atoms with Crippen molar-refractivity contribution in [2.75, 3.05) is 0 Å². The Morgan fingerprint density at radius 3 is 2.19 bits per heavy atom. The van der Waals surface area contributed by atoms with Gasteiger partial charge in [-0.2, -0.15) is 0 Å². The quantitative estimate of drug-likeness (QED) is 0.845. The van der Waals surface area contributed by atoms with Crippen molar-refractivity contribution in [2.24, 2.45) is 5.92 Å². The molecule has 1 heterocycles. The van der Waals surface area contributed by atoms with Gasteiger partial charge in [0.1, 0.15) is 0 Å². The number of carbonyl (C=O) groups is 2. The number of carboxylic acid groups (broad SMARTS) is 1. The molecule has 21 heavy (non-hydrogen) atoms. The second-order valence-corrected chi connectivity index (χ2v) is 5.05. The topological polar surface area (TPSA) is 87.2 Å². The highest BCUT2D eigenvalue weighted by molar-refractivity contribution is 5.98. The lowest BCUT2D eigenvalue weighted by Crippen LogP contribution is -2.14. The summed E-state index contributed by atoms with van der Waals surface area (Å²) in [6, 6.07) is 8.98. The normalized spacial score (nSPS) is 10.6. The molecule has 0 aliphatic carbocycles. The maximum atomic E-state index is 12.0. The first-order valence-electron chi connectivity index (χ1n) is 6.51. The Kier molecular flexibility index (Phi) is 4.03. The van der Waals surface area contributed by atoms with Crippen LogP contribution < -0.4 is 5.56 Å². The number of hydrogen-bond donors (Lipinski definition) is 2. The van der Waals surface area contributed by atoms with Crippen LogP contribution >= 0.6 is 0 Å². The number of H-pyrrole nitrogens is 1. The molecule has 0 aliphatic rings. The highest BCUT2D eigenvalue weighted by atomic mass is 16.4. The fourth-order valence-electron chi connectivity index (χ4n) is 1.97. The van der Waals surface area contributed by atoms with Gasteiger partial charge in [-0.25, -0.2) is 4.79 Å². The van der Waals surface area contributed by atoms with E-state index in [1.807, 2.05) is 0 Å². The van der Waals surface area contributed by atoms with Crippen molar-refractivity contribution in [2.45, 2.75) is 13.8 Å². The van der Waals surface area contributed by atoms with Gasteiger partial charge in [-0.3, -0.25) is 9.59 Å². The minimum atomic E-state index is -1.02. The van der Waals surface area contributed by atoms with Crippen molar-refractivity contribution >= 4 is 11.8 Å². The molecule has 0 atom stereocenters. The Bertz CT molecular complexity index is 742. The molecular weight excluding hydrogens is 270 g/mol. The Labute approximate surface area is 121 Å². The zero-order valence-corrected chi connectivity index (χ0v) is 11.7. The van der Waals surface area contributed by atoms with E-state index < -0.39 is 5.97 Å². The summed E-state index contributed by atoms with van der Waals surface area (Å²) in [5.74, 6) is -1.32. The molecule has 108 valence electrons. The first-order chi connectivity index (χ1) is 9.88. The molecule has 2 N–H and O–H groups in total. The molecule has 0 saturated carbocycles. The number of aromatic amines is 1. The number of Topliss-reactive ketones (excluding diaryl/α,β-unsaturated/α-hetero) is 1. The Morgan fingerprint density at radius 2 is 1.67 bits per heavy atom. The van der Waals surface area contributed by atoms with Crippen LogP contribution in [0, 0.1) is 5.92 Å². The van der Waals surface area contributed by atoms with Gasteiger partial charge in [0.05, 0.1) is 5.56 Å². The fraction of sp³-hybridized carbons (Fsp3) is 0.188. The average molecular weight is 285 g/mol. The number of nitrogens with one attached hydrogen (secondary N) is 1. The minimum absolute atomic E-state index is 0.107. The van der Waals surface area contributed by atoms with Gasteiger partial charge in [-0.05, 0) is 23.8 Å². The summed E-state index contributed by atoms with van der Waals surface area (Å²) in [7, 11) is 0. The number of rotatable bonds is 4. The molecule has 0 unspecified atom stereocenters. The number of carbonyl (C=O) groups excluding carboxylic acids is 1. The monoisotopic (exact) mass is 285 g/mol. The van der Waals surface area contributed by atoms with E-state index in [0.717, 1.165) is 0 Å². The maximum Gasteiger partial charge on any atom is 0.335 e. The number of aromatic nitrogens is 1. The van der Waals surface area contributed by atoms with E-state index in [2.05, 4.69) is 4.98 Å². The van der Waals surface area contributed by atoms with Crippen LogP contribution in [-0.2, 0) is 0 Å². The van der Waals surface area contributed by atoms with Crippen molar-refractivity contribution in [3.63, 3.8) is 0 Å². The van der Waals surface area contributed by atoms with Crippen LogP contribution in [0.2, 0.25) is 0 Å².